The SMILES string of the molecule is C=C/C=C\C(=C/C)c1nc(-c2ccccc2)nc(-c2cc(C)c(-c3ccc(-c4cc(C)c(-n5c6ccccc6c6ccccc65)cc4C)cc3)cc2C)n1. The van der Waals surface area contributed by atoms with Crippen molar-refractivity contribution >= 4 is 27.4 Å². The summed E-state index contributed by atoms with van der Waals surface area (Å²) in [6.07, 6.45) is 7.66. The van der Waals surface area contributed by atoms with E-state index in [1.165, 1.54) is 60.9 Å². The van der Waals surface area contributed by atoms with Crippen molar-refractivity contribution < 1.29 is 0 Å². The highest BCUT2D eigenvalue weighted by Gasteiger charge is 2.18. The van der Waals surface area contributed by atoms with Gasteiger partial charge in [-0.1, -0.05) is 128 Å². The maximum absolute atomic E-state index is 4.99. The van der Waals surface area contributed by atoms with Gasteiger partial charge >= 0.3 is 0 Å². The fourth-order valence-corrected chi connectivity index (χ4v) is 7.55. The van der Waals surface area contributed by atoms with Gasteiger partial charge in [-0.15, -0.1) is 0 Å². The standard InChI is InChI=1S/C50H42N4/c1-7-9-17-36(8-2)48-51-49(39-18-11-10-12-19-39)53-50(52-48)44-29-32(3)42(28-33(44)4)37-24-26-38(27-25-37)43-30-35(6)47(31-34(43)5)54-45-22-15-13-20-40(45)41-21-14-16-23-46(41)54/h7-31H,1H2,2-6H3/b17-9-,36-8+. The van der Waals surface area contributed by atoms with E-state index in [-0.39, 0.29) is 0 Å². The number of hydrogen-bond donors (Lipinski definition) is 0. The lowest BCUT2D eigenvalue weighted by atomic mass is 9.92. The molecule has 8 rings (SSSR count). The third kappa shape index (κ3) is 6.26. The molecule has 0 saturated carbocycles. The maximum Gasteiger partial charge on any atom is 0.164 e. The highest BCUT2D eigenvalue weighted by molar-refractivity contribution is 6.09. The molecule has 0 atom stereocenters. The van der Waals surface area contributed by atoms with Crippen molar-refractivity contribution in [3.63, 3.8) is 0 Å². The summed E-state index contributed by atoms with van der Waals surface area (Å²) in [6.45, 7) is 14.6. The van der Waals surface area contributed by atoms with Crippen LogP contribution >= 0.6 is 0 Å². The van der Waals surface area contributed by atoms with Gasteiger partial charge in [-0.05, 0) is 109 Å². The van der Waals surface area contributed by atoms with Crippen LogP contribution in [0.4, 0.5) is 0 Å². The molecule has 0 bridgehead atoms. The second-order valence-electron chi connectivity index (χ2n) is 13.9. The first-order chi connectivity index (χ1) is 26.3. The van der Waals surface area contributed by atoms with Gasteiger partial charge in [-0.3, -0.25) is 0 Å². The number of benzene rings is 6. The van der Waals surface area contributed by atoms with Crippen molar-refractivity contribution in [2.45, 2.75) is 34.6 Å². The predicted molar refractivity (Wildman–Crippen MR) is 228 cm³/mol. The lowest BCUT2D eigenvalue weighted by Crippen LogP contribution is -2.03. The van der Waals surface area contributed by atoms with Crippen LogP contribution in [0, 0.1) is 27.7 Å². The number of rotatable bonds is 8. The monoisotopic (exact) mass is 698 g/mol. The van der Waals surface area contributed by atoms with Crippen molar-refractivity contribution in [3.8, 4) is 50.7 Å². The maximum atomic E-state index is 4.99. The quantitative estimate of drug-likeness (QED) is 0.148. The summed E-state index contributed by atoms with van der Waals surface area (Å²) < 4.78 is 2.41. The van der Waals surface area contributed by atoms with E-state index in [9.17, 15) is 0 Å². The van der Waals surface area contributed by atoms with Gasteiger partial charge in [0.2, 0.25) is 0 Å². The van der Waals surface area contributed by atoms with Crippen molar-refractivity contribution in [2.75, 3.05) is 0 Å². The summed E-state index contributed by atoms with van der Waals surface area (Å²) in [5, 5.41) is 2.55. The van der Waals surface area contributed by atoms with Crippen LogP contribution in [0.3, 0.4) is 0 Å². The van der Waals surface area contributed by atoms with Crippen molar-refractivity contribution in [3.05, 3.63) is 186 Å². The van der Waals surface area contributed by atoms with Gasteiger partial charge in [0, 0.05) is 33.2 Å². The minimum atomic E-state index is 0.629. The Morgan fingerprint density at radius 3 is 1.67 bits per heavy atom. The topological polar surface area (TPSA) is 43.6 Å². The second kappa shape index (κ2) is 14.4. The normalized spacial score (nSPS) is 11.9. The molecule has 4 heteroatoms. The van der Waals surface area contributed by atoms with E-state index < -0.39 is 0 Å². The van der Waals surface area contributed by atoms with Crippen LogP contribution in [0.25, 0.3) is 78.1 Å². The van der Waals surface area contributed by atoms with Crippen LogP contribution in [0.2, 0.25) is 0 Å². The van der Waals surface area contributed by atoms with Gasteiger partial charge in [0.25, 0.3) is 0 Å². The summed E-state index contributed by atoms with van der Waals surface area (Å²) in [4.78, 5) is 14.9. The number of aryl methyl sites for hydroxylation is 4. The van der Waals surface area contributed by atoms with Crippen LogP contribution in [0.1, 0.15) is 35.0 Å². The number of para-hydroxylation sites is 2. The van der Waals surface area contributed by atoms with Crippen molar-refractivity contribution in [1.82, 2.24) is 19.5 Å². The Balaban J connectivity index is 1.14. The molecule has 2 aromatic heterocycles. The van der Waals surface area contributed by atoms with Crippen LogP contribution in [0.5, 0.6) is 0 Å². The van der Waals surface area contributed by atoms with Gasteiger partial charge in [0.1, 0.15) is 0 Å². The first kappa shape index (κ1) is 34.4. The number of allylic oxidation sites excluding steroid dienone is 5. The Hall–Kier alpha value is -6.65. The molecule has 0 N–H and O–H groups in total. The lowest BCUT2D eigenvalue weighted by Gasteiger charge is -2.16. The summed E-state index contributed by atoms with van der Waals surface area (Å²) in [5.41, 5.74) is 16.1. The van der Waals surface area contributed by atoms with Crippen molar-refractivity contribution in [1.29, 1.82) is 0 Å². The van der Waals surface area contributed by atoms with E-state index in [2.05, 4.69) is 136 Å². The Kier molecular flexibility index (Phi) is 9.19. The third-order valence-corrected chi connectivity index (χ3v) is 10.3. The molecule has 0 aliphatic carbocycles. The number of nitrogens with zero attached hydrogens (tertiary/aromatic N) is 4. The van der Waals surface area contributed by atoms with Crippen molar-refractivity contribution in [2.24, 2.45) is 0 Å². The van der Waals surface area contributed by atoms with Crippen LogP contribution in [-0.2, 0) is 0 Å². The zero-order chi connectivity index (χ0) is 37.3. The van der Waals surface area contributed by atoms with Gasteiger partial charge < -0.3 is 4.57 Å². The minimum Gasteiger partial charge on any atom is -0.309 e. The average molecular weight is 699 g/mol. The molecule has 0 aliphatic heterocycles. The van der Waals surface area contributed by atoms with Crippen LogP contribution < -0.4 is 0 Å². The summed E-state index contributed by atoms with van der Waals surface area (Å²) in [5.74, 6) is 1.93. The zero-order valence-corrected chi connectivity index (χ0v) is 31.4. The Morgan fingerprint density at radius 1 is 0.537 bits per heavy atom. The van der Waals surface area contributed by atoms with E-state index in [1.807, 2.05) is 55.5 Å². The highest BCUT2D eigenvalue weighted by atomic mass is 15.0. The molecule has 0 fully saturated rings. The van der Waals surface area contributed by atoms with Crippen LogP contribution in [-0.4, -0.2) is 19.5 Å². The molecule has 0 radical (unpaired) electrons. The molecule has 6 aromatic carbocycles. The van der Waals surface area contributed by atoms with E-state index in [1.54, 1.807) is 6.08 Å². The second-order valence-corrected chi connectivity index (χ2v) is 13.9. The molecular formula is C50H42N4. The predicted octanol–water partition coefficient (Wildman–Crippen LogP) is 13.0. The summed E-state index contributed by atoms with van der Waals surface area (Å²) in [6, 6.07) is 45.6. The molecule has 262 valence electrons. The third-order valence-electron chi connectivity index (χ3n) is 10.3. The van der Waals surface area contributed by atoms with Gasteiger partial charge in [0.05, 0.1) is 11.0 Å². The zero-order valence-electron chi connectivity index (χ0n) is 31.4. The molecule has 8 aromatic rings. The smallest absolute Gasteiger partial charge is 0.164 e. The molecule has 0 unspecified atom stereocenters. The molecular weight excluding hydrogens is 657 g/mol. The van der Waals surface area contributed by atoms with E-state index in [0.29, 0.717) is 17.5 Å². The van der Waals surface area contributed by atoms with Gasteiger partial charge in [-0.2, -0.15) is 0 Å². The molecule has 0 spiro atoms. The summed E-state index contributed by atoms with van der Waals surface area (Å²) in [7, 11) is 0. The van der Waals surface area contributed by atoms with E-state index >= 15 is 0 Å². The Morgan fingerprint density at radius 2 is 1.06 bits per heavy atom. The molecule has 0 amide bonds. The van der Waals surface area contributed by atoms with E-state index in [4.69, 9.17) is 15.0 Å². The van der Waals surface area contributed by atoms with Gasteiger partial charge in [-0.25, -0.2) is 15.0 Å². The minimum absolute atomic E-state index is 0.629. The molecule has 4 nitrogen and oxygen atoms in total. The highest BCUT2D eigenvalue weighted by Crippen LogP contribution is 2.37. The number of aromatic nitrogens is 4. The molecule has 54 heavy (non-hydrogen) atoms. The Bertz CT molecular complexity index is 2710. The van der Waals surface area contributed by atoms with Gasteiger partial charge in [0.15, 0.2) is 17.5 Å². The molecule has 0 saturated heterocycles. The summed E-state index contributed by atoms with van der Waals surface area (Å²) >= 11 is 0. The fraction of sp³-hybridized carbons (Fsp3) is 0.100. The van der Waals surface area contributed by atoms with E-state index in [0.717, 1.165) is 27.8 Å². The first-order valence-corrected chi connectivity index (χ1v) is 18.4. The lowest BCUT2D eigenvalue weighted by molar-refractivity contribution is 1.03. The fourth-order valence-electron chi connectivity index (χ4n) is 7.55. The average Bonchev–Trinajstić information content (AvgIpc) is 3.54. The molecule has 2 heterocycles. The number of hydrogen-bond acceptors (Lipinski definition) is 3. The molecule has 0 aliphatic rings. The van der Waals surface area contributed by atoms with Crippen LogP contribution in [0.15, 0.2) is 158 Å². The largest absolute Gasteiger partial charge is 0.309 e. The number of fused-ring (bicyclic) bond motifs is 3. The first-order valence-electron chi connectivity index (χ1n) is 18.4. The Labute approximate surface area is 317 Å².